The lowest BCUT2D eigenvalue weighted by Crippen LogP contribution is -2.29. The number of esters is 1. The number of carboxylic acid groups (broad SMARTS) is 1. The molecule has 1 aromatic rings. The Hall–Kier alpha value is -1.93. The lowest BCUT2D eigenvalue weighted by atomic mass is 10.2. The molecule has 0 aliphatic rings. The summed E-state index contributed by atoms with van der Waals surface area (Å²) in [6.07, 6.45) is 1.25. The van der Waals surface area contributed by atoms with Crippen LogP contribution >= 0.6 is 0 Å². The molecule has 22 heavy (non-hydrogen) atoms. The Kier molecular flexibility index (Phi) is 6.07. The summed E-state index contributed by atoms with van der Waals surface area (Å²) in [5, 5.41) is 9.05. The Bertz CT molecular complexity index is 617. The number of pyridine rings is 1. The third kappa shape index (κ3) is 5.12. The van der Waals surface area contributed by atoms with E-state index < -0.39 is 31.1 Å². The van der Waals surface area contributed by atoms with Gasteiger partial charge in [-0.15, -0.1) is 0 Å². The lowest BCUT2D eigenvalue weighted by Gasteiger charge is -2.16. The first-order valence-corrected chi connectivity index (χ1v) is 10.5. The van der Waals surface area contributed by atoms with Crippen molar-refractivity contribution in [3.05, 3.63) is 33.7 Å². The molecule has 122 valence electrons. The fourth-order valence-electron chi connectivity index (χ4n) is 1.66. The second kappa shape index (κ2) is 7.37. The van der Waals surface area contributed by atoms with Crippen LogP contribution in [0.15, 0.2) is 17.1 Å². The molecule has 8 heteroatoms. The normalized spacial score (nSPS) is 11.3. The molecule has 7 nitrogen and oxygen atoms in total. The Labute approximate surface area is 129 Å². The number of nitrogens with zero attached hydrogens (tertiary/aromatic N) is 1. The van der Waals surface area contributed by atoms with Crippen LogP contribution in [0.25, 0.3) is 0 Å². The van der Waals surface area contributed by atoms with Crippen molar-refractivity contribution in [3.63, 3.8) is 0 Å². The van der Waals surface area contributed by atoms with E-state index in [4.69, 9.17) is 9.84 Å². The highest BCUT2D eigenvalue weighted by Gasteiger charge is 2.17. The van der Waals surface area contributed by atoms with E-state index in [1.54, 1.807) is 0 Å². The average Bonchev–Trinajstić information content (AvgIpc) is 2.42. The van der Waals surface area contributed by atoms with Gasteiger partial charge in [-0.25, -0.2) is 9.59 Å². The lowest BCUT2D eigenvalue weighted by molar-refractivity contribution is 0.0594. The van der Waals surface area contributed by atoms with Gasteiger partial charge in [0.15, 0.2) is 0 Å². The van der Waals surface area contributed by atoms with Gasteiger partial charge in [-0.05, 0) is 12.1 Å². The molecule has 0 saturated heterocycles. The number of carbonyl (C=O) groups is 2. The van der Waals surface area contributed by atoms with E-state index in [0.29, 0.717) is 6.61 Å². The van der Waals surface area contributed by atoms with Crippen molar-refractivity contribution in [1.82, 2.24) is 4.57 Å². The first-order chi connectivity index (χ1) is 10.2. The van der Waals surface area contributed by atoms with Crippen molar-refractivity contribution in [1.29, 1.82) is 0 Å². The predicted octanol–water partition coefficient (Wildman–Crippen LogP) is 1.65. The summed E-state index contributed by atoms with van der Waals surface area (Å²) in [6, 6.07) is 1.93. The Morgan fingerprint density at radius 3 is 2.45 bits per heavy atom. The third-order valence-electron chi connectivity index (χ3n) is 2.96. The van der Waals surface area contributed by atoms with Crippen LogP contribution in [-0.2, 0) is 16.2 Å². The molecular formula is C14H21NO6Si. The van der Waals surface area contributed by atoms with Crippen LogP contribution in [-0.4, -0.2) is 43.4 Å². The summed E-state index contributed by atoms with van der Waals surface area (Å²) >= 11 is 0. The summed E-state index contributed by atoms with van der Waals surface area (Å²) in [6.45, 7) is 6.97. The second-order valence-corrected chi connectivity index (χ2v) is 11.7. The molecule has 0 bridgehead atoms. The van der Waals surface area contributed by atoms with Crippen LogP contribution in [0.2, 0.25) is 25.7 Å². The van der Waals surface area contributed by atoms with Crippen molar-refractivity contribution in [2.24, 2.45) is 0 Å². The van der Waals surface area contributed by atoms with E-state index in [1.807, 2.05) is 0 Å². The maximum absolute atomic E-state index is 12.0. The molecule has 0 unspecified atom stereocenters. The van der Waals surface area contributed by atoms with E-state index in [1.165, 1.54) is 13.3 Å². The van der Waals surface area contributed by atoms with Crippen LogP contribution in [0.1, 0.15) is 20.7 Å². The van der Waals surface area contributed by atoms with E-state index in [-0.39, 0.29) is 12.3 Å². The number of rotatable bonds is 7. The zero-order valence-corrected chi connectivity index (χ0v) is 14.2. The minimum Gasteiger partial charge on any atom is -0.477 e. The van der Waals surface area contributed by atoms with E-state index in [2.05, 4.69) is 24.4 Å². The van der Waals surface area contributed by atoms with E-state index in [9.17, 15) is 14.4 Å². The van der Waals surface area contributed by atoms with Gasteiger partial charge in [-0.1, -0.05) is 19.6 Å². The molecule has 0 radical (unpaired) electrons. The first-order valence-electron chi connectivity index (χ1n) is 6.79. The minimum absolute atomic E-state index is 0.00621. The maximum atomic E-state index is 12.0. The maximum Gasteiger partial charge on any atom is 0.341 e. The fourth-order valence-corrected chi connectivity index (χ4v) is 2.41. The van der Waals surface area contributed by atoms with E-state index >= 15 is 0 Å². The fraction of sp³-hybridized carbons (Fsp3) is 0.500. The molecule has 0 aromatic carbocycles. The minimum atomic E-state index is -1.40. The largest absolute Gasteiger partial charge is 0.477 e. The topological polar surface area (TPSA) is 94.8 Å². The van der Waals surface area contributed by atoms with Gasteiger partial charge in [0.1, 0.15) is 12.3 Å². The number of hydrogen-bond acceptors (Lipinski definition) is 5. The number of carbonyl (C=O) groups excluding carboxylic acids is 1. The summed E-state index contributed by atoms with van der Waals surface area (Å²) in [4.78, 5) is 34.7. The summed E-state index contributed by atoms with van der Waals surface area (Å²) in [5.41, 5.74) is -1.21. The van der Waals surface area contributed by atoms with Gasteiger partial charge in [0, 0.05) is 20.9 Å². The van der Waals surface area contributed by atoms with Gasteiger partial charge in [0.25, 0.3) is 5.56 Å². The Balaban J connectivity index is 2.97. The zero-order chi connectivity index (χ0) is 16.9. The summed E-state index contributed by atoms with van der Waals surface area (Å²) in [7, 11) is -0.0698. The number of ether oxygens (including phenoxy) is 2. The van der Waals surface area contributed by atoms with Gasteiger partial charge in [-0.3, -0.25) is 9.36 Å². The van der Waals surface area contributed by atoms with Crippen molar-refractivity contribution in [2.45, 2.75) is 32.4 Å². The van der Waals surface area contributed by atoms with Gasteiger partial charge in [0.05, 0.1) is 12.7 Å². The summed E-state index contributed by atoms with van der Waals surface area (Å²) < 4.78 is 11.1. The van der Waals surface area contributed by atoms with Crippen molar-refractivity contribution in [2.75, 3.05) is 13.7 Å². The second-order valence-electron chi connectivity index (χ2n) is 6.06. The SMILES string of the molecule is COC(=O)c1cc(C(=O)O)c(=O)n(COCC[Si](C)(C)C)c1. The van der Waals surface area contributed by atoms with Gasteiger partial charge in [-0.2, -0.15) is 0 Å². The van der Waals surface area contributed by atoms with Crippen LogP contribution in [0, 0.1) is 0 Å². The highest BCUT2D eigenvalue weighted by atomic mass is 28.3. The van der Waals surface area contributed by atoms with E-state index in [0.717, 1.165) is 16.7 Å². The molecule has 0 fully saturated rings. The van der Waals surface area contributed by atoms with Crippen molar-refractivity contribution >= 4 is 20.0 Å². The quantitative estimate of drug-likeness (QED) is 0.465. The average molecular weight is 327 g/mol. The summed E-state index contributed by atoms with van der Waals surface area (Å²) in [5.74, 6) is -2.11. The molecule has 0 saturated carbocycles. The van der Waals surface area contributed by atoms with Crippen LogP contribution in [0.3, 0.4) is 0 Å². The number of hydrogen-bond donors (Lipinski definition) is 1. The molecule has 0 atom stereocenters. The monoisotopic (exact) mass is 327 g/mol. The number of methoxy groups -OCH3 is 1. The van der Waals surface area contributed by atoms with Crippen molar-refractivity contribution in [3.8, 4) is 0 Å². The predicted molar refractivity (Wildman–Crippen MR) is 83.1 cm³/mol. The number of aromatic carboxylic acids is 1. The molecule has 1 heterocycles. The molecule has 0 amide bonds. The smallest absolute Gasteiger partial charge is 0.341 e. The van der Waals surface area contributed by atoms with Gasteiger partial charge >= 0.3 is 11.9 Å². The molecule has 0 aliphatic heterocycles. The Morgan fingerprint density at radius 1 is 1.32 bits per heavy atom. The van der Waals surface area contributed by atoms with Gasteiger partial charge in [0.2, 0.25) is 0 Å². The zero-order valence-electron chi connectivity index (χ0n) is 13.2. The highest BCUT2D eigenvalue weighted by Crippen LogP contribution is 2.08. The standard InChI is InChI=1S/C14H21NO6Si/c1-20-14(19)10-7-11(13(17)18)12(16)15(8-10)9-21-5-6-22(2,3)4/h7-8H,5-6,9H2,1-4H3,(H,17,18). The van der Waals surface area contributed by atoms with Crippen molar-refractivity contribution < 1.29 is 24.2 Å². The number of carboxylic acids is 1. The number of aromatic nitrogens is 1. The molecule has 1 rings (SSSR count). The van der Waals surface area contributed by atoms with Crippen LogP contribution < -0.4 is 5.56 Å². The molecule has 1 aromatic heterocycles. The first kappa shape index (κ1) is 18.1. The molecule has 1 N–H and O–H groups in total. The third-order valence-corrected chi connectivity index (χ3v) is 4.67. The highest BCUT2D eigenvalue weighted by molar-refractivity contribution is 6.76. The van der Waals surface area contributed by atoms with Gasteiger partial charge < -0.3 is 14.6 Å². The van der Waals surface area contributed by atoms with Crippen LogP contribution in [0.4, 0.5) is 0 Å². The molecular weight excluding hydrogens is 306 g/mol. The molecule has 0 aliphatic carbocycles. The Morgan fingerprint density at radius 2 is 1.95 bits per heavy atom. The molecule has 0 spiro atoms. The van der Waals surface area contributed by atoms with Crippen LogP contribution in [0.5, 0.6) is 0 Å².